The number of amides is 1. The highest BCUT2D eigenvalue weighted by Gasteiger charge is 2.29. The first-order valence-electron chi connectivity index (χ1n) is 7.56. The number of rotatable bonds is 4. The molecular weight excluding hydrogens is 268 g/mol. The van der Waals surface area contributed by atoms with Crippen LogP contribution in [0.5, 0.6) is 5.75 Å². The maximum atomic E-state index is 12.4. The summed E-state index contributed by atoms with van der Waals surface area (Å²) in [5, 5.41) is 4.29. The molecule has 0 aromatic carbocycles. The Balaban J connectivity index is 1.98. The lowest BCUT2D eigenvalue weighted by atomic mass is 9.92. The van der Waals surface area contributed by atoms with Crippen LogP contribution in [0.4, 0.5) is 0 Å². The van der Waals surface area contributed by atoms with E-state index in [2.05, 4.69) is 12.0 Å². The Bertz CT molecular complexity index is 512. The van der Waals surface area contributed by atoms with E-state index in [9.17, 15) is 4.79 Å². The monoisotopic (exact) mass is 294 g/mol. The molecule has 1 aliphatic heterocycles. The Hall–Kier alpha value is -1.56. The SMILES string of the molecule is Cc1nn(C)c(C)c1OCC(=O)N1CCC(C)CC1CN. The second kappa shape index (κ2) is 6.47. The standard InChI is InChI=1S/C15H26N4O2/c1-10-5-6-19(13(7-10)8-16)14(20)9-21-15-11(2)17-18(4)12(15)3/h10,13H,5-9,16H2,1-4H3. The molecule has 1 saturated heterocycles. The number of carbonyl (C=O) groups excluding carboxylic acids is 1. The summed E-state index contributed by atoms with van der Waals surface area (Å²) in [5.41, 5.74) is 7.55. The van der Waals surface area contributed by atoms with E-state index in [4.69, 9.17) is 10.5 Å². The third-order valence-electron chi connectivity index (χ3n) is 4.35. The van der Waals surface area contributed by atoms with E-state index in [0.717, 1.165) is 30.8 Å². The number of hydrogen-bond donors (Lipinski definition) is 1. The Kier molecular flexibility index (Phi) is 4.88. The fraction of sp³-hybridized carbons (Fsp3) is 0.733. The van der Waals surface area contributed by atoms with Crippen LogP contribution in [0.25, 0.3) is 0 Å². The molecule has 0 radical (unpaired) electrons. The van der Waals surface area contributed by atoms with Crippen LogP contribution in [-0.2, 0) is 11.8 Å². The summed E-state index contributed by atoms with van der Waals surface area (Å²) in [5.74, 6) is 1.35. The Morgan fingerprint density at radius 2 is 2.19 bits per heavy atom. The molecule has 2 rings (SSSR count). The molecule has 0 saturated carbocycles. The third-order valence-corrected chi connectivity index (χ3v) is 4.35. The molecule has 1 aromatic heterocycles. The highest BCUT2D eigenvalue weighted by atomic mass is 16.5. The summed E-state index contributed by atoms with van der Waals surface area (Å²) in [6.45, 7) is 7.38. The minimum absolute atomic E-state index is 0.0139. The van der Waals surface area contributed by atoms with E-state index in [-0.39, 0.29) is 18.6 Å². The van der Waals surface area contributed by atoms with Gasteiger partial charge in [-0.05, 0) is 32.6 Å². The molecule has 2 unspecified atom stereocenters. The van der Waals surface area contributed by atoms with Gasteiger partial charge in [0.15, 0.2) is 12.4 Å². The minimum Gasteiger partial charge on any atom is -0.480 e. The molecule has 2 atom stereocenters. The zero-order valence-electron chi connectivity index (χ0n) is 13.4. The molecule has 2 N–H and O–H groups in total. The van der Waals surface area contributed by atoms with Crippen molar-refractivity contribution in [2.75, 3.05) is 19.7 Å². The van der Waals surface area contributed by atoms with Crippen molar-refractivity contribution in [3.8, 4) is 5.75 Å². The number of likely N-dealkylation sites (tertiary alicyclic amines) is 1. The van der Waals surface area contributed by atoms with Gasteiger partial charge in [0, 0.05) is 26.2 Å². The van der Waals surface area contributed by atoms with Gasteiger partial charge in [-0.3, -0.25) is 9.48 Å². The summed E-state index contributed by atoms with van der Waals surface area (Å²) in [4.78, 5) is 14.3. The van der Waals surface area contributed by atoms with Crippen molar-refractivity contribution in [1.82, 2.24) is 14.7 Å². The van der Waals surface area contributed by atoms with Gasteiger partial charge in [0.25, 0.3) is 5.91 Å². The van der Waals surface area contributed by atoms with Crippen LogP contribution in [0.2, 0.25) is 0 Å². The molecule has 1 aromatic rings. The van der Waals surface area contributed by atoms with E-state index in [1.807, 2.05) is 25.8 Å². The Morgan fingerprint density at radius 1 is 1.48 bits per heavy atom. The minimum atomic E-state index is 0.0139. The van der Waals surface area contributed by atoms with Crippen molar-refractivity contribution >= 4 is 5.91 Å². The second-order valence-electron chi connectivity index (χ2n) is 6.02. The van der Waals surface area contributed by atoms with Gasteiger partial charge < -0.3 is 15.4 Å². The molecule has 0 spiro atoms. The smallest absolute Gasteiger partial charge is 0.260 e. The first-order chi connectivity index (χ1) is 9.93. The van der Waals surface area contributed by atoms with Crippen LogP contribution in [-0.4, -0.2) is 46.3 Å². The Labute approximate surface area is 126 Å². The predicted octanol–water partition coefficient (Wildman–Crippen LogP) is 1.00. The number of nitrogens with two attached hydrogens (primary N) is 1. The Morgan fingerprint density at radius 3 is 2.76 bits per heavy atom. The maximum Gasteiger partial charge on any atom is 0.260 e. The van der Waals surface area contributed by atoms with Crippen LogP contribution in [0, 0.1) is 19.8 Å². The number of piperidine rings is 1. The summed E-state index contributed by atoms with van der Waals surface area (Å²) >= 11 is 0. The van der Waals surface area contributed by atoms with Gasteiger partial charge in [-0.2, -0.15) is 5.10 Å². The van der Waals surface area contributed by atoms with E-state index in [0.29, 0.717) is 18.2 Å². The van der Waals surface area contributed by atoms with Crippen LogP contribution >= 0.6 is 0 Å². The van der Waals surface area contributed by atoms with Gasteiger partial charge in [0.05, 0.1) is 5.69 Å². The lowest BCUT2D eigenvalue weighted by Gasteiger charge is -2.37. The molecule has 1 amide bonds. The van der Waals surface area contributed by atoms with Crippen molar-refractivity contribution < 1.29 is 9.53 Å². The largest absolute Gasteiger partial charge is 0.480 e. The number of hydrogen-bond acceptors (Lipinski definition) is 4. The number of carbonyl (C=O) groups is 1. The zero-order chi connectivity index (χ0) is 15.6. The van der Waals surface area contributed by atoms with Crippen molar-refractivity contribution in [3.63, 3.8) is 0 Å². The van der Waals surface area contributed by atoms with Crippen LogP contribution in [0.1, 0.15) is 31.2 Å². The second-order valence-corrected chi connectivity index (χ2v) is 6.02. The number of nitrogens with zero attached hydrogens (tertiary/aromatic N) is 3. The van der Waals surface area contributed by atoms with Crippen LogP contribution < -0.4 is 10.5 Å². The van der Waals surface area contributed by atoms with E-state index < -0.39 is 0 Å². The first-order valence-corrected chi connectivity index (χ1v) is 7.56. The molecule has 6 nitrogen and oxygen atoms in total. The average molecular weight is 294 g/mol. The molecular formula is C15H26N4O2. The van der Waals surface area contributed by atoms with Crippen molar-refractivity contribution in [1.29, 1.82) is 0 Å². The summed E-state index contributed by atoms with van der Waals surface area (Å²) in [6.07, 6.45) is 2.01. The fourth-order valence-electron chi connectivity index (χ4n) is 2.98. The summed E-state index contributed by atoms with van der Waals surface area (Å²) < 4.78 is 7.47. The van der Waals surface area contributed by atoms with E-state index in [1.165, 1.54) is 0 Å². The molecule has 1 fully saturated rings. The molecule has 0 aliphatic carbocycles. The molecule has 0 bridgehead atoms. The van der Waals surface area contributed by atoms with E-state index in [1.54, 1.807) is 4.68 Å². The maximum absolute atomic E-state index is 12.4. The fourth-order valence-corrected chi connectivity index (χ4v) is 2.98. The lowest BCUT2D eigenvalue weighted by Crippen LogP contribution is -2.50. The summed E-state index contributed by atoms with van der Waals surface area (Å²) in [6, 6.07) is 0.140. The topological polar surface area (TPSA) is 73.4 Å². The highest BCUT2D eigenvalue weighted by molar-refractivity contribution is 5.78. The number of aryl methyl sites for hydroxylation is 2. The van der Waals surface area contributed by atoms with Gasteiger partial charge >= 0.3 is 0 Å². The number of aromatic nitrogens is 2. The van der Waals surface area contributed by atoms with E-state index >= 15 is 0 Å². The van der Waals surface area contributed by atoms with Gasteiger partial charge in [0.2, 0.25) is 0 Å². The van der Waals surface area contributed by atoms with Gasteiger partial charge in [-0.25, -0.2) is 0 Å². The average Bonchev–Trinajstić information content (AvgIpc) is 2.69. The van der Waals surface area contributed by atoms with Crippen molar-refractivity contribution in [2.24, 2.45) is 18.7 Å². The number of ether oxygens (including phenoxy) is 1. The van der Waals surface area contributed by atoms with Gasteiger partial charge in [-0.1, -0.05) is 6.92 Å². The molecule has 1 aliphatic rings. The first kappa shape index (κ1) is 15.8. The summed E-state index contributed by atoms with van der Waals surface area (Å²) in [7, 11) is 1.87. The molecule has 6 heteroatoms. The zero-order valence-corrected chi connectivity index (χ0v) is 13.4. The van der Waals surface area contributed by atoms with Crippen molar-refractivity contribution in [2.45, 2.75) is 39.7 Å². The lowest BCUT2D eigenvalue weighted by molar-refractivity contribution is -0.137. The van der Waals surface area contributed by atoms with Crippen LogP contribution in [0.3, 0.4) is 0 Å². The van der Waals surface area contributed by atoms with Crippen LogP contribution in [0.15, 0.2) is 0 Å². The van der Waals surface area contributed by atoms with Gasteiger partial charge in [-0.15, -0.1) is 0 Å². The van der Waals surface area contributed by atoms with Gasteiger partial charge in [0.1, 0.15) is 5.69 Å². The predicted molar refractivity (Wildman–Crippen MR) is 81.1 cm³/mol. The normalized spacial score (nSPS) is 22.4. The quantitative estimate of drug-likeness (QED) is 0.899. The third kappa shape index (κ3) is 3.37. The molecule has 21 heavy (non-hydrogen) atoms. The molecule has 2 heterocycles. The molecule has 118 valence electrons. The highest BCUT2D eigenvalue weighted by Crippen LogP contribution is 2.24. The van der Waals surface area contributed by atoms with Crippen molar-refractivity contribution in [3.05, 3.63) is 11.4 Å².